The average Bonchev–Trinajstić information content (AvgIpc) is 3.28. The first-order valence-corrected chi connectivity index (χ1v) is 11.1. The van der Waals surface area contributed by atoms with Crippen LogP contribution < -0.4 is 10.1 Å². The molecule has 4 rings (SSSR count). The van der Waals surface area contributed by atoms with Crippen LogP contribution in [0.25, 0.3) is 22.4 Å². The number of H-pyrrole nitrogens is 1. The Hall–Kier alpha value is -4.13. The van der Waals surface area contributed by atoms with Crippen molar-refractivity contribution in [3.63, 3.8) is 0 Å². The molecule has 0 radical (unpaired) electrons. The fraction of sp³-hybridized carbons (Fsp3) is 0.222. The van der Waals surface area contributed by atoms with Gasteiger partial charge in [0, 0.05) is 11.3 Å². The molecular weight excluding hydrogens is 430 g/mol. The number of rotatable bonds is 7. The van der Waals surface area contributed by atoms with E-state index in [0.29, 0.717) is 29.0 Å². The first-order chi connectivity index (χ1) is 16.4. The summed E-state index contributed by atoms with van der Waals surface area (Å²) in [5.41, 5.74) is 5.55. The number of esters is 1. The Morgan fingerprint density at radius 1 is 1.00 bits per heavy atom. The molecule has 34 heavy (non-hydrogen) atoms. The molecule has 2 N–H and O–H groups in total. The molecule has 0 aliphatic carbocycles. The van der Waals surface area contributed by atoms with Crippen LogP contribution in [-0.4, -0.2) is 35.1 Å². The topological polar surface area (TPSA) is 93.3 Å². The number of ether oxygens (including phenoxy) is 2. The predicted octanol–water partition coefficient (Wildman–Crippen LogP) is 5.43. The Labute approximate surface area is 198 Å². The number of hydrogen-bond donors (Lipinski definition) is 2. The Morgan fingerprint density at radius 3 is 2.44 bits per heavy atom. The highest BCUT2D eigenvalue weighted by molar-refractivity contribution is 5.99. The SMILES string of the molecule is CCC(OC(=O)c1ccc2nc(-c3ccc(OC)cc3)[nH]c2c1)C(=O)Nc1ccc(C)c(C)c1. The quantitative estimate of drug-likeness (QED) is 0.361. The largest absolute Gasteiger partial charge is 0.497 e. The van der Waals surface area contributed by atoms with Crippen LogP contribution in [0.2, 0.25) is 0 Å². The van der Waals surface area contributed by atoms with Gasteiger partial charge in [-0.1, -0.05) is 13.0 Å². The third kappa shape index (κ3) is 4.93. The van der Waals surface area contributed by atoms with Crippen molar-refractivity contribution in [2.75, 3.05) is 12.4 Å². The predicted molar refractivity (Wildman–Crippen MR) is 132 cm³/mol. The Bertz CT molecular complexity index is 1340. The molecule has 4 aromatic rings. The van der Waals surface area contributed by atoms with Gasteiger partial charge in [-0.05, 0) is 86.0 Å². The van der Waals surface area contributed by atoms with Crippen LogP contribution in [0.4, 0.5) is 5.69 Å². The number of fused-ring (bicyclic) bond motifs is 1. The number of nitrogens with one attached hydrogen (secondary N) is 2. The van der Waals surface area contributed by atoms with Gasteiger partial charge in [-0.25, -0.2) is 9.78 Å². The van der Waals surface area contributed by atoms with Crippen LogP contribution in [0, 0.1) is 13.8 Å². The summed E-state index contributed by atoms with van der Waals surface area (Å²) in [5.74, 6) is 0.521. The molecule has 3 aromatic carbocycles. The van der Waals surface area contributed by atoms with E-state index >= 15 is 0 Å². The minimum absolute atomic E-state index is 0.342. The summed E-state index contributed by atoms with van der Waals surface area (Å²) in [5, 5.41) is 2.84. The maximum Gasteiger partial charge on any atom is 0.338 e. The molecule has 1 heterocycles. The van der Waals surface area contributed by atoms with Gasteiger partial charge in [0.25, 0.3) is 5.91 Å². The van der Waals surface area contributed by atoms with Gasteiger partial charge < -0.3 is 19.8 Å². The Morgan fingerprint density at radius 2 is 1.76 bits per heavy atom. The van der Waals surface area contributed by atoms with E-state index in [0.717, 1.165) is 28.0 Å². The summed E-state index contributed by atoms with van der Waals surface area (Å²) < 4.78 is 10.7. The van der Waals surface area contributed by atoms with E-state index in [1.54, 1.807) is 32.2 Å². The van der Waals surface area contributed by atoms with E-state index < -0.39 is 12.1 Å². The van der Waals surface area contributed by atoms with Gasteiger partial charge in [-0.15, -0.1) is 0 Å². The van der Waals surface area contributed by atoms with Gasteiger partial charge in [-0.2, -0.15) is 0 Å². The molecule has 7 nitrogen and oxygen atoms in total. The number of nitrogens with zero attached hydrogens (tertiary/aromatic N) is 1. The van der Waals surface area contributed by atoms with Crippen molar-refractivity contribution in [2.24, 2.45) is 0 Å². The number of hydrogen-bond acceptors (Lipinski definition) is 5. The monoisotopic (exact) mass is 457 g/mol. The first-order valence-electron chi connectivity index (χ1n) is 11.1. The zero-order valence-corrected chi connectivity index (χ0v) is 19.6. The van der Waals surface area contributed by atoms with E-state index in [4.69, 9.17) is 9.47 Å². The van der Waals surface area contributed by atoms with Gasteiger partial charge >= 0.3 is 5.97 Å². The summed E-state index contributed by atoms with van der Waals surface area (Å²) >= 11 is 0. The molecule has 0 bridgehead atoms. The molecule has 0 aliphatic rings. The lowest BCUT2D eigenvalue weighted by molar-refractivity contribution is -0.124. The third-order valence-corrected chi connectivity index (χ3v) is 5.77. The van der Waals surface area contributed by atoms with Crippen molar-refractivity contribution >= 4 is 28.6 Å². The second kappa shape index (κ2) is 9.79. The van der Waals surface area contributed by atoms with Crippen molar-refractivity contribution in [1.29, 1.82) is 0 Å². The number of anilines is 1. The molecular formula is C27H27N3O4. The van der Waals surface area contributed by atoms with Gasteiger partial charge in [0.15, 0.2) is 6.10 Å². The van der Waals surface area contributed by atoms with Gasteiger partial charge in [0.05, 0.1) is 23.7 Å². The first kappa shape index (κ1) is 23.0. The Kier molecular flexibility index (Phi) is 6.63. The van der Waals surface area contributed by atoms with Gasteiger partial charge in [0.1, 0.15) is 11.6 Å². The number of aromatic nitrogens is 2. The number of carbonyl (C=O) groups is 2. The second-order valence-corrected chi connectivity index (χ2v) is 8.14. The highest BCUT2D eigenvalue weighted by atomic mass is 16.5. The van der Waals surface area contributed by atoms with Crippen LogP contribution in [0.15, 0.2) is 60.7 Å². The standard InChI is InChI=1S/C27H27N3O4/c1-5-24(26(31)28-20-10-6-16(2)17(3)14-20)34-27(32)19-9-13-22-23(15-19)30-25(29-22)18-7-11-21(33-4)12-8-18/h6-15,24H,5H2,1-4H3,(H,28,31)(H,29,30). The maximum absolute atomic E-state index is 12.8. The van der Waals surface area contributed by atoms with Crippen LogP contribution >= 0.6 is 0 Å². The highest BCUT2D eigenvalue weighted by Crippen LogP contribution is 2.24. The molecule has 0 saturated carbocycles. The van der Waals surface area contributed by atoms with E-state index in [1.165, 1.54) is 0 Å². The van der Waals surface area contributed by atoms with Crippen LogP contribution in [-0.2, 0) is 9.53 Å². The molecule has 174 valence electrons. The minimum atomic E-state index is -0.901. The molecule has 7 heteroatoms. The van der Waals surface area contributed by atoms with E-state index in [9.17, 15) is 9.59 Å². The van der Waals surface area contributed by atoms with Gasteiger partial charge in [-0.3, -0.25) is 4.79 Å². The molecule has 1 amide bonds. The van der Waals surface area contributed by atoms with E-state index in [2.05, 4.69) is 15.3 Å². The van der Waals surface area contributed by atoms with Crippen LogP contribution in [0.3, 0.4) is 0 Å². The lowest BCUT2D eigenvalue weighted by atomic mass is 10.1. The lowest BCUT2D eigenvalue weighted by Crippen LogP contribution is -2.32. The minimum Gasteiger partial charge on any atom is -0.497 e. The maximum atomic E-state index is 12.8. The number of amides is 1. The second-order valence-electron chi connectivity index (χ2n) is 8.14. The fourth-order valence-corrected chi connectivity index (χ4v) is 3.58. The normalized spacial score (nSPS) is 11.8. The number of aryl methyl sites for hydroxylation is 2. The van der Waals surface area contributed by atoms with Crippen molar-refractivity contribution in [3.8, 4) is 17.1 Å². The van der Waals surface area contributed by atoms with E-state index in [1.807, 2.05) is 56.3 Å². The van der Waals surface area contributed by atoms with Crippen LogP contribution in [0.5, 0.6) is 5.75 Å². The highest BCUT2D eigenvalue weighted by Gasteiger charge is 2.22. The zero-order chi connectivity index (χ0) is 24.2. The number of imidazole rings is 1. The van der Waals surface area contributed by atoms with Crippen LogP contribution in [0.1, 0.15) is 34.8 Å². The molecule has 1 aromatic heterocycles. The number of carbonyl (C=O) groups excluding carboxylic acids is 2. The smallest absolute Gasteiger partial charge is 0.338 e. The Balaban J connectivity index is 1.48. The number of benzene rings is 3. The lowest BCUT2D eigenvalue weighted by Gasteiger charge is -2.16. The van der Waals surface area contributed by atoms with Crippen molar-refractivity contribution in [2.45, 2.75) is 33.3 Å². The molecule has 1 atom stereocenters. The summed E-state index contributed by atoms with van der Waals surface area (Å²) in [7, 11) is 1.62. The number of aromatic amines is 1. The van der Waals surface area contributed by atoms with Crippen molar-refractivity contribution < 1.29 is 19.1 Å². The summed E-state index contributed by atoms with van der Waals surface area (Å²) in [4.78, 5) is 33.4. The summed E-state index contributed by atoms with van der Waals surface area (Å²) in [6.45, 7) is 5.79. The molecule has 0 fully saturated rings. The molecule has 0 aliphatic heterocycles. The molecule has 0 spiro atoms. The van der Waals surface area contributed by atoms with Gasteiger partial charge in [0.2, 0.25) is 0 Å². The molecule has 0 saturated heterocycles. The third-order valence-electron chi connectivity index (χ3n) is 5.77. The van der Waals surface area contributed by atoms with E-state index in [-0.39, 0.29) is 5.91 Å². The summed E-state index contributed by atoms with van der Waals surface area (Å²) in [6.07, 6.45) is -0.544. The average molecular weight is 458 g/mol. The zero-order valence-electron chi connectivity index (χ0n) is 19.6. The number of methoxy groups -OCH3 is 1. The van der Waals surface area contributed by atoms with Crippen molar-refractivity contribution in [3.05, 3.63) is 77.4 Å². The molecule has 1 unspecified atom stereocenters. The summed E-state index contributed by atoms with van der Waals surface area (Å²) in [6, 6.07) is 18.3. The fourth-order valence-electron chi connectivity index (χ4n) is 3.58. The van der Waals surface area contributed by atoms with Crippen molar-refractivity contribution in [1.82, 2.24) is 9.97 Å².